The maximum Gasteiger partial charge on any atom is 0.0709 e. The molecule has 0 aliphatic carbocycles. The molecule has 2 aliphatic rings. The van der Waals surface area contributed by atoms with Crippen LogP contribution in [0, 0.1) is 6.92 Å². The molecule has 0 unspecified atom stereocenters. The van der Waals surface area contributed by atoms with E-state index in [-0.39, 0.29) is 0 Å². The molecule has 3 heteroatoms. The number of aliphatic imine (C=N–C) groups is 1. The minimum atomic E-state index is 0.770. The van der Waals surface area contributed by atoms with Crippen LogP contribution in [0.4, 0.5) is 11.4 Å². The van der Waals surface area contributed by atoms with Crippen molar-refractivity contribution in [3.05, 3.63) is 94.1 Å². The van der Waals surface area contributed by atoms with Gasteiger partial charge in [0.05, 0.1) is 5.69 Å². The first-order valence-electron chi connectivity index (χ1n) is 8.59. The van der Waals surface area contributed by atoms with E-state index in [1.165, 1.54) is 16.8 Å². The molecule has 2 heterocycles. The molecule has 26 heavy (non-hydrogen) atoms. The van der Waals surface area contributed by atoms with Crippen molar-refractivity contribution in [1.82, 2.24) is 0 Å². The molecule has 0 N–H and O–H groups in total. The second kappa shape index (κ2) is 6.93. The fraction of sp³-hybridized carbons (Fsp3) is 0.0870. The molecule has 0 aromatic heterocycles. The monoisotopic (exact) mass is 402 g/mol. The van der Waals surface area contributed by atoms with Crippen molar-refractivity contribution in [1.29, 1.82) is 0 Å². The summed E-state index contributed by atoms with van der Waals surface area (Å²) in [5.41, 5.74) is 8.15. The van der Waals surface area contributed by atoms with Crippen molar-refractivity contribution in [3.8, 4) is 0 Å². The van der Waals surface area contributed by atoms with Crippen LogP contribution >= 0.6 is 15.9 Å². The van der Waals surface area contributed by atoms with Crippen molar-refractivity contribution in [3.63, 3.8) is 0 Å². The first kappa shape index (κ1) is 16.8. The average molecular weight is 403 g/mol. The Hall–Kier alpha value is -2.65. The van der Waals surface area contributed by atoms with Crippen molar-refractivity contribution in [2.75, 3.05) is 11.4 Å². The third kappa shape index (κ3) is 3.11. The number of rotatable bonds is 3. The van der Waals surface area contributed by atoms with Gasteiger partial charge in [-0.2, -0.15) is 0 Å². The molecule has 0 saturated carbocycles. The molecule has 0 spiro atoms. The van der Waals surface area contributed by atoms with Gasteiger partial charge in [-0.25, -0.2) is 0 Å². The van der Waals surface area contributed by atoms with Crippen LogP contribution in [-0.2, 0) is 0 Å². The highest BCUT2D eigenvalue weighted by Gasteiger charge is 2.17. The highest BCUT2D eigenvalue weighted by Crippen LogP contribution is 2.35. The van der Waals surface area contributed by atoms with Gasteiger partial charge in [0.25, 0.3) is 0 Å². The lowest BCUT2D eigenvalue weighted by atomic mass is 10.0. The quantitative estimate of drug-likeness (QED) is 0.537. The molecule has 0 bridgehead atoms. The van der Waals surface area contributed by atoms with E-state index in [2.05, 4.69) is 87.9 Å². The van der Waals surface area contributed by atoms with Gasteiger partial charge in [0.1, 0.15) is 0 Å². The lowest BCUT2D eigenvalue weighted by molar-refractivity contribution is 1.03. The topological polar surface area (TPSA) is 15.6 Å². The van der Waals surface area contributed by atoms with Crippen LogP contribution in [-0.4, -0.2) is 12.8 Å². The fourth-order valence-corrected chi connectivity index (χ4v) is 3.64. The van der Waals surface area contributed by atoms with Gasteiger partial charge in [0, 0.05) is 39.8 Å². The Bertz CT molecular complexity index is 1010. The van der Waals surface area contributed by atoms with E-state index in [4.69, 9.17) is 0 Å². The van der Waals surface area contributed by atoms with Gasteiger partial charge in [-0.1, -0.05) is 46.3 Å². The maximum absolute atomic E-state index is 4.50. The van der Waals surface area contributed by atoms with Crippen LogP contribution in [0.2, 0.25) is 0 Å². The van der Waals surface area contributed by atoms with Gasteiger partial charge in [0.15, 0.2) is 0 Å². The normalized spacial score (nSPS) is 17.7. The molecule has 0 fully saturated rings. The molecule has 2 aromatic carbocycles. The van der Waals surface area contributed by atoms with E-state index in [0.29, 0.717) is 0 Å². The van der Waals surface area contributed by atoms with Crippen LogP contribution in [0.3, 0.4) is 0 Å². The summed E-state index contributed by atoms with van der Waals surface area (Å²) in [4.78, 5) is 6.79. The molecular formula is C23H19BrN2. The Morgan fingerprint density at radius 3 is 2.85 bits per heavy atom. The van der Waals surface area contributed by atoms with Crippen LogP contribution in [0.5, 0.6) is 0 Å². The van der Waals surface area contributed by atoms with Crippen molar-refractivity contribution >= 4 is 45.2 Å². The lowest BCUT2D eigenvalue weighted by Gasteiger charge is -2.29. The molecule has 0 amide bonds. The number of halogens is 1. The number of fused-ring (bicyclic) bond motifs is 2. The van der Waals surface area contributed by atoms with Gasteiger partial charge >= 0.3 is 0 Å². The van der Waals surface area contributed by atoms with Crippen molar-refractivity contribution < 1.29 is 0 Å². The maximum atomic E-state index is 4.50. The first-order valence-corrected chi connectivity index (χ1v) is 9.38. The van der Waals surface area contributed by atoms with Crippen LogP contribution in [0.25, 0.3) is 11.6 Å². The number of aryl methyl sites for hydroxylation is 1. The Morgan fingerprint density at radius 2 is 2.00 bits per heavy atom. The van der Waals surface area contributed by atoms with E-state index in [1.54, 1.807) is 0 Å². The zero-order valence-electron chi connectivity index (χ0n) is 14.6. The summed E-state index contributed by atoms with van der Waals surface area (Å²) in [5.74, 6) is 0. The van der Waals surface area contributed by atoms with E-state index >= 15 is 0 Å². The van der Waals surface area contributed by atoms with Crippen molar-refractivity contribution in [2.24, 2.45) is 4.99 Å². The fourth-order valence-electron chi connectivity index (χ4n) is 3.28. The standard InChI is InChI=1S/C23H19BrN2/c1-3-12-26-20(9-6-17-5-4-16(2)13-23(17)26)10-7-18-15-25-22-11-8-19(24)14-21(18)22/h3-11,13-15H,1,12H2,2H3/b18-7-,20-10?. The summed E-state index contributed by atoms with van der Waals surface area (Å²) >= 11 is 3.55. The van der Waals surface area contributed by atoms with E-state index in [9.17, 15) is 0 Å². The van der Waals surface area contributed by atoms with E-state index in [0.717, 1.165) is 33.5 Å². The number of anilines is 1. The largest absolute Gasteiger partial charge is 0.337 e. The summed E-state index contributed by atoms with van der Waals surface area (Å²) in [6.07, 6.45) is 12.5. The zero-order chi connectivity index (χ0) is 18.1. The Kier molecular flexibility index (Phi) is 4.48. The molecule has 4 rings (SSSR count). The molecule has 0 saturated heterocycles. The highest BCUT2D eigenvalue weighted by molar-refractivity contribution is 9.10. The smallest absolute Gasteiger partial charge is 0.0709 e. The highest BCUT2D eigenvalue weighted by atomic mass is 79.9. The van der Waals surface area contributed by atoms with Gasteiger partial charge in [-0.3, -0.25) is 4.99 Å². The molecule has 2 aromatic rings. The lowest BCUT2D eigenvalue weighted by Crippen LogP contribution is -2.24. The van der Waals surface area contributed by atoms with E-state index in [1.807, 2.05) is 24.4 Å². The summed E-state index contributed by atoms with van der Waals surface area (Å²) < 4.78 is 1.07. The summed E-state index contributed by atoms with van der Waals surface area (Å²) in [5, 5.41) is 0. The van der Waals surface area contributed by atoms with Gasteiger partial charge in [-0.05, 0) is 54.5 Å². The Labute approximate surface area is 162 Å². The molecule has 0 radical (unpaired) electrons. The first-order chi connectivity index (χ1) is 12.7. The number of nitrogens with zero attached hydrogens (tertiary/aromatic N) is 2. The number of hydrogen-bond donors (Lipinski definition) is 0. The number of benzene rings is 2. The molecule has 0 atom stereocenters. The second-order valence-electron chi connectivity index (χ2n) is 6.43. The summed E-state index contributed by atoms with van der Waals surface area (Å²) in [6.45, 7) is 6.82. The molecule has 2 aliphatic heterocycles. The third-order valence-corrected chi connectivity index (χ3v) is 5.07. The van der Waals surface area contributed by atoms with Gasteiger partial charge < -0.3 is 4.90 Å². The second-order valence-corrected chi connectivity index (χ2v) is 7.34. The molecule has 128 valence electrons. The van der Waals surface area contributed by atoms with Crippen LogP contribution in [0.1, 0.15) is 16.7 Å². The minimum absolute atomic E-state index is 0.770. The third-order valence-electron chi connectivity index (χ3n) is 4.58. The van der Waals surface area contributed by atoms with Gasteiger partial charge in [0.2, 0.25) is 0 Å². The Morgan fingerprint density at radius 1 is 1.12 bits per heavy atom. The SMILES string of the molecule is C=CCN1C(=C/C=C2/C=Nc3ccc(Br)cc32)C=Cc2ccc(C)cc21. The number of allylic oxidation sites excluding steroid dienone is 4. The average Bonchev–Trinajstić information content (AvgIpc) is 3.03. The van der Waals surface area contributed by atoms with Crippen molar-refractivity contribution in [2.45, 2.75) is 6.92 Å². The predicted octanol–water partition coefficient (Wildman–Crippen LogP) is 6.46. The zero-order valence-corrected chi connectivity index (χ0v) is 16.2. The van der Waals surface area contributed by atoms with Crippen LogP contribution in [0.15, 0.2) is 82.4 Å². The van der Waals surface area contributed by atoms with E-state index < -0.39 is 0 Å². The van der Waals surface area contributed by atoms with Gasteiger partial charge in [-0.15, -0.1) is 6.58 Å². The summed E-state index contributed by atoms with van der Waals surface area (Å²) in [6, 6.07) is 12.7. The summed E-state index contributed by atoms with van der Waals surface area (Å²) in [7, 11) is 0. The van der Waals surface area contributed by atoms with Crippen LogP contribution < -0.4 is 4.90 Å². The molecule has 2 nitrogen and oxygen atoms in total. The number of hydrogen-bond acceptors (Lipinski definition) is 2. The predicted molar refractivity (Wildman–Crippen MR) is 116 cm³/mol. The Balaban J connectivity index is 1.73. The molecular weight excluding hydrogens is 384 g/mol. The minimum Gasteiger partial charge on any atom is -0.337 e.